The lowest BCUT2D eigenvalue weighted by molar-refractivity contribution is 0.0951. The molecule has 0 spiro atoms. The Morgan fingerprint density at radius 1 is 1.33 bits per heavy atom. The SMILES string of the molecule is Cc1ccc(CNC(=O)c2ccc3c(=O)n(C)c(=S)[nH]c3c2)cn1. The van der Waals surface area contributed by atoms with Gasteiger partial charge in [-0.2, -0.15) is 0 Å². The quantitative estimate of drug-likeness (QED) is 0.717. The minimum Gasteiger partial charge on any atom is -0.348 e. The predicted molar refractivity (Wildman–Crippen MR) is 94.5 cm³/mol. The van der Waals surface area contributed by atoms with E-state index in [1.165, 1.54) is 4.57 Å². The van der Waals surface area contributed by atoms with Gasteiger partial charge in [0.25, 0.3) is 11.5 Å². The zero-order valence-electron chi connectivity index (χ0n) is 13.3. The van der Waals surface area contributed by atoms with Crippen molar-refractivity contribution >= 4 is 29.0 Å². The molecule has 3 rings (SSSR count). The van der Waals surface area contributed by atoms with E-state index in [0.29, 0.717) is 27.8 Å². The van der Waals surface area contributed by atoms with Crippen molar-refractivity contribution in [2.24, 2.45) is 7.05 Å². The van der Waals surface area contributed by atoms with Gasteiger partial charge >= 0.3 is 0 Å². The highest BCUT2D eigenvalue weighted by molar-refractivity contribution is 7.71. The first-order chi connectivity index (χ1) is 11.5. The van der Waals surface area contributed by atoms with E-state index in [-0.39, 0.29) is 11.5 Å². The average molecular weight is 340 g/mol. The number of aromatic amines is 1. The predicted octanol–water partition coefficient (Wildman–Crippen LogP) is 2.23. The Balaban J connectivity index is 1.85. The van der Waals surface area contributed by atoms with Crippen molar-refractivity contribution in [2.45, 2.75) is 13.5 Å². The molecule has 0 saturated carbocycles. The van der Waals surface area contributed by atoms with Crippen molar-refractivity contribution in [2.75, 3.05) is 0 Å². The number of H-pyrrole nitrogens is 1. The summed E-state index contributed by atoms with van der Waals surface area (Å²) in [6.07, 6.45) is 1.73. The van der Waals surface area contributed by atoms with Crippen LogP contribution in [0.4, 0.5) is 0 Å². The summed E-state index contributed by atoms with van der Waals surface area (Å²) in [5, 5.41) is 3.33. The summed E-state index contributed by atoms with van der Waals surface area (Å²) in [4.78, 5) is 31.6. The molecule has 0 radical (unpaired) electrons. The number of nitrogens with one attached hydrogen (secondary N) is 2. The zero-order chi connectivity index (χ0) is 17.3. The Kier molecular flexibility index (Phi) is 4.26. The number of benzene rings is 1. The van der Waals surface area contributed by atoms with Crippen molar-refractivity contribution in [1.82, 2.24) is 19.9 Å². The van der Waals surface area contributed by atoms with E-state index >= 15 is 0 Å². The summed E-state index contributed by atoms with van der Waals surface area (Å²) in [6, 6.07) is 8.71. The largest absolute Gasteiger partial charge is 0.348 e. The molecule has 0 aliphatic carbocycles. The molecule has 6 nitrogen and oxygen atoms in total. The second-order valence-corrected chi connectivity index (χ2v) is 5.93. The molecule has 0 atom stereocenters. The Labute approximate surface area is 143 Å². The number of carbonyl (C=O) groups excluding carboxylic acids is 1. The van der Waals surface area contributed by atoms with Gasteiger partial charge in [-0.3, -0.25) is 19.1 Å². The molecule has 0 fully saturated rings. The molecule has 3 aromatic rings. The fourth-order valence-electron chi connectivity index (χ4n) is 2.33. The zero-order valence-corrected chi connectivity index (χ0v) is 14.1. The molecule has 0 unspecified atom stereocenters. The third kappa shape index (κ3) is 3.11. The number of aromatic nitrogens is 3. The van der Waals surface area contributed by atoms with E-state index < -0.39 is 0 Å². The third-order valence-electron chi connectivity index (χ3n) is 3.79. The van der Waals surface area contributed by atoms with Crippen molar-refractivity contribution in [3.05, 3.63) is 68.5 Å². The Morgan fingerprint density at radius 3 is 2.83 bits per heavy atom. The van der Waals surface area contributed by atoms with Gasteiger partial charge in [0.2, 0.25) is 0 Å². The Hall–Kier alpha value is -2.80. The topological polar surface area (TPSA) is 79.8 Å². The molecule has 2 heterocycles. The molecule has 7 heteroatoms. The summed E-state index contributed by atoms with van der Waals surface area (Å²) < 4.78 is 1.68. The van der Waals surface area contributed by atoms with Gasteiger partial charge in [0.05, 0.1) is 10.9 Å². The smallest absolute Gasteiger partial charge is 0.261 e. The van der Waals surface area contributed by atoms with Crippen molar-refractivity contribution in [1.29, 1.82) is 0 Å². The van der Waals surface area contributed by atoms with Crippen LogP contribution >= 0.6 is 12.2 Å². The van der Waals surface area contributed by atoms with E-state index in [2.05, 4.69) is 15.3 Å². The van der Waals surface area contributed by atoms with Gasteiger partial charge in [-0.1, -0.05) is 6.07 Å². The van der Waals surface area contributed by atoms with Gasteiger partial charge in [0.15, 0.2) is 4.77 Å². The lowest BCUT2D eigenvalue weighted by Crippen LogP contribution is -2.23. The summed E-state index contributed by atoms with van der Waals surface area (Å²) in [5.74, 6) is -0.225. The summed E-state index contributed by atoms with van der Waals surface area (Å²) in [7, 11) is 1.61. The first-order valence-corrected chi connectivity index (χ1v) is 7.79. The number of fused-ring (bicyclic) bond motifs is 1. The highest BCUT2D eigenvalue weighted by Gasteiger charge is 2.09. The minimum atomic E-state index is -0.225. The van der Waals surface area contributed by atoms with E-state index in [1.807, 2.05) is 19.1 Å². The second kappa shape index (κ2) is 6.37. The minimum absolute atomic E-state index is 0.188. The fraction of sp³-hybridized carbons (Fsp3) is 0.176. The Morgan fingerprint density at radius 2 is 2.12 bits per heavy atom. The standard InChI is InChI=1S/C17H16N4O2S/c1-10-3-4-11(8-18-10)9-19-15(22)12-5-6-13-14(7-12)20-17(24)21(2)16(13)23/h3-8H,9H2,1-2H3,(H,19,22)(H,20,24). The molecule has 0 saturated heterocycles. The number of rotatable bonds is 3. The van der Waals surface area contributed by atoms with Gasteiger partial charge in [0, 0.05) is 31.0 Å². The number of pyridine rings is 1. The molecular formula is C17H16N4O2S. The number of aryl methyl sites for hydroxylation is 1. The molecule has 2 N–H and O–H groups in total. The van der Waals surface area contributed by atoms with Crippen LogP contribution in [0.25, 0.3) is 10.9 Å². The van der Waals surface area contributed by atoms with Gasteiger partial charge in [-0.15, -0.1) is 0 Å². The van der Waals surface area contributed by atoms with E-state index in [9.17, 15) is 9.59 Å². The van der Waals surface area contributed by atoms with E-state index in [1.54, 1.807) is 31.4 Å². The van der Waals surface area contributed by atoms with Gasteiger partial charge in [0.1, 0.15) is 0 Å². The number of hydrogen-bond donors (Lipinski definition) is 2. The highest BCUT2D eigenvalue weighted by Crippen LogP contribution is 2.11. The number of hydrogen-bond acceptors (Lipinski definition) is 4. The third-order valence-corrected chi connectivity index (χ3v) is 4.16. The molecule has 2 aromatic heterocycles. The van der Waals surface area contributed by atoms with Crippen LogP contribution < -0.4 is 10.9 Å². The first kappa shape index (κ1) is 16.1. The summed E-state index contributed by atoms with van der Waals surface area (Å²) in [6.45, 7) is 2.29. The maximum Gasteiger partial charge on any atom is 0.261 e. The summed E-state index contributed by atoms with van der Waals surface area (Å²) in [5.41, 5.74) is 2.67. The van der Waals surface area contributed by atoms with Crippen LogP contribution in [0.1, 0.15) is 21.6 Å². The number of carbonyl (C=O) groups is 1. The van der Waals surface area contributed by atoms with Crippen LogP contribution in [-0.4, -0.2) is 20.4 Å². The highest BCUT2D eigenvalue weighted by atomic mass is 32.1. The molecule has 0 bridgehead atoms. The Bertz CT molecular complexity index is 1040. The fourth-order valence-corrected chi connectivity index (χ4v) is 2.53. The normalized spacial score (nSPS) is 10.8. The van der Waals surface area contributed by atoms with Gasteiger partial charge < -0.3 is 10.3 Å². The van der Waals surface area contributed by atoms with E-state index in [0.717, 1.165) is 11.3 Å². The lowest BCUT2D eigenvalue weighted by atomic mass is 10.1. The summed E-state index contributed by atoms with van der Waals surface area (Å²) >= 11 is 5.10. The van der Waals surface area contributed by atoms with Gasteiger partial charge in [-0.25, -0.2) is 0 Å². The molecule has 0 aliphatic rings. The molecule has 0 aliphatic heterocycles. The first-order valence-electron chi connectivity index (χ1n) is 7.38. The van der Waals surface area contributed by atoms with Crippen molar-refractivity contribution in [3.8, 4) is 0 Å². The number of nitrogens with zero attached hydrogens (tertiary/aromatic N) is 2. The van der Waals surface area contributed by atoms with Crippen LogP contribution in [0.3, 0.4) is 0 Å². The van der Waals surface area contributed by atoms with Crippen LogP contribution in [0.5, 0.6) is 0 Å². The van der Waals surface area contributed by atoms with E-state index in [4.69, 9.17) is 12.2 Å². The monoisotopic (exact) mass is 340 g/mol. The van der Waals surface area contributed by atoms with Crippen LogP contribution in [0.2, 0.25) is 0 Å². The second-order valence-electron chi connectivity index (χ2n) is 5.55. The van der Waals surface area contributed by atoms with Crippen LogP contribution in [0, 0.1) is 11.7 Å². The maximum atomic E-state index is 12.3. The molecule has 24 heavy (non-hydrogen) atoms. The maximum absolute atomic E-state index is 12.3. The number of amides is 1. The van der Waals surface area contributed by atoms with Crippen LogP contribution in [-0.2, 0) is 13.6 Å². The molecule has 1 amide bonds. The lowest BCUT2D eigenvalue weighted by Gasteiger charge is -2.07. The average Bonchev–Trinajstić information content (AvgIpc) is 2.58. The van der Waals surface area contributed by atoms with Crippen molar-refractivity contribution in [3.63, 3.8) is 0 Å². The van der Waals surface area contributed by atoms with Crippen molar-refractivity contribution < 1.29 is 4.79 Å². The molecule has 122 valence electrons. The van der Waals surface area contributed by atoms with Crippen LogP contribution in [0.15, 0.2) is 41.3 Å². The van der Waals surface area contributed by atoms with Gasteiger partial charge in [-0.05, 0) is 49.0 Å². The molecule has 1 aromatic carbocycles. The molecular weight excluding hydrogens is 324 g/mol.